The third-order valence-corrected chi connectivity index (χ3v) is 6.13. The van der Waals surface area contributed by atoms with E-state index in [0.29, 0.717) is 11.3 Å². The van der Waals surface area contributed by atoms with Crippen molar-refractivity contribution in [3.63, 3.8) is 0 Å². The monoisotopic (exact) mass is 495 g/mol. The van der Waals surface area contributed by atoms with E-state index in [9.17, 15) is 9.18 Å². The molecule has 11 heteroatoms. The van der Waals surface area contributed by atoms with Gasteiger partial charge in [-0.05, 0) is 29.8 Å². The molecule has 1 aliphatic heterocycles. The van der Waals surface area contributed by atoms with Crippen LogP contribution in [0.2, 0.25) is 0 Å². The molecule has 0 saturated carbocycles. The zero-order valence-electron chi connectivity index (χ0n) is 20.0. The predicted molar refractivity (Wildman–Crippen MR) is 139 cm³/mol. The Bertz CT molecular complexity index is 1650. The maximum atomic E-state index is 13.9. The second-order valence-electron chi connectivity index (χ2n) is 8.86. The van der Waals surface area contributed by atoms with Crippen molar-refractivity contribution in [3.8, 4) is 22.3 Å². The lowest BCUT2D eigenvalue weighted by Crippen LogP contribution is -2.27. The molecule has 0 saturated heterocycles. The Balaban J connectivity index is 1.33. The highest BCUT2D eigenvalue weighted by Gasteiger charge is 2.27. The van der Waals surface area contributed by atoms with Gasteiger partial charge in [0, 0.05) is 54.8 Å². The number of anilines is 3. The average Bonchev–Trinajstić information content (AvgIpc) is 3.52. The van der Waals surface area contributed by atoms with E-state index < -0.39 is 0 Å². The van der Waals surface area contributed by atoms with Crippen molar-refractivity contribution in [1.29, 1.82) is 0 Å². The second-order valence-corrected chi connectivity index (χ2v) is 8.86. The Hall–Kier alpha value is -5.06. The van der Waals surface area contributed by atoms with Gasteiger partial charge < -0.3 is 20.9 Å². The van der Waals surface area contributed by atoms with Gasteiger partial charge in [0.2, 0.25) is 0 Å². The van der Waals surface area contributed by atoms with E-state index >= 15 is 0 Å². The first-order chi connectivity index (χ1) is 18.0. The largest absolute Gasteiger partial charge is 0.358 e. The van der Waals surface area contributed by atoms with Gasteiger partial charge in [0.1, 0.15) is 12.0 Å². The standard InChI is InChI=1S/C26H22FN9O/c1-36(2)26(37)31-18-7-15(9-28-11-18)16-8-19-23(34-35-24(19)30-10-16)25-32-21-13-29-12-20(22(21)33-25)14-4-3-5-17(27)6-14/h3-13,25,32-33H,1-2H3,(H,31,37)(H,30,34,35). The van der Waals surface area contributed by atoms with Crippen LogP contribution in [0.3, 0.4) is 0 Å². The lowest BCUT2D eigenvalue weighted by molar-refractivity contribution is 0.230. The SMILES string of the molecule is CN(C)C(=O)Nc1cncc(-c2cnc3n[nH]c(C4Nc5cncc(-c6cccc(F)c6)c5N4)c3c2)c1. The fourth-order valence-electron chi connectivity index (χ4n) is 4.28. The summed E-state index contributed by atoms with van der Waals surface area (Å²) in [7, 11) is 3.34. The minimum atomic E-state index is -0.336. The molecule has 37 heavy (non-hydrogen) atoms. The van der Waals surface area contributed by atoms with Crippen LogP contribution in [-0.4, -0.2) is 50.2 Å². The third-order valence-electron chi connectivity index (χ3n) is 6.13. The van der Waals surface area contributed by atoms with Crippen molar-refractivity contribution >= 4 is 34.1 Å². The number of hydrogen-bond acceptors (Lipinski definition) is 7. The number of rotatable bonds is 4. The van der Waals surface area contributed by atoms with Crippen LogP contribution >= 0.6 is 0 Å². The van der Waals surface area contributed by atoms with Crippen molar-refractivity contribution in [1.82, 2.24) is 30.0 Å². The highest BCUT2D eigenvalue weighted by atomic mass is 19.1. The molecule has 0 fully saturated rings. The highest BCUT2D eigenvalue weighted by molar-refractivity contribution is 5.92. The number of nitrogens with one attached hydrogen (secondary N) is 4. The summed E-state index contributed by atoms with van der Waals surface area (Å²) >= 11 is 0. The number of amides is 2. The molecule has 4 N–H and O–H groups in total. The van der Waals surface area contributed by atoms with E-state index in [1.54, 1.807) is 51.1 Å². The minimum Gasteiger partial charge on any atom is -0.358 e. The van der Waals surface area contributed by atoms with Gasteiger partial charge in [-0.1, -0.05) is 12.1 Å². The molecule has 0 radical (unpaired) electrons. The van der Waals surface area contributed by atoms with Crippen molar-refractivity contribution in [2.24, 2.45) is 0 Å². The molecule has 5 heterocycles. The minimum absolute atomic E-state index is 0.241. The Morgan fingerprint density at radius 2 is 1.81 bits per heavy atom. The molecule has 1 aromatic carbocycles. The summed E-state index contributed by atoms with van der Waals surface area (Å²) in [5, 5.41) is 18.0. The van der Waals surface area contributed by atoms with Crippen molar-refractivity contribution in [3.05, 3.63) is 78.9 Å². The smallest absolute Gasteiger partial charge is 0.321 e. The van der Waals surface area contributed by atoms with Gasteiger partial charge in [-0.15, -0.1) is 0 Å². The number of fused-ring (bicyclic) bond motifs is 2. The molecule has 5 aromatic rings. The third kappa shape index (κ3) is 4.16. The second kappa shape index (κ2) is 8.86. The average molecular weight is 496 g/mol. The molecule has 0 spiro atoms. The molecule has 184 valence electrons. The lowest BCUT2D eigenvalue weighted by Gasteiger charge is -2.13. The zero-order valence-corrected chi connectivity index (χ0v) is 20.0. The van der Waals surface area contributed by atoms with Crippen LogP contribution in [-0.2, 0) is 0 Å². The summed E-state index contributed by atoms with van der Waals surface area (Å²) in [6, 6.07) is 10.0. The van der Waals surface area contributed by atoms with Gasteiger partial charge in [0.15, 0.2) is 5.65 Å². The number of aromatic nitrogens is 5. The molecule has 10 nitrogen and oxygen atoms in total. The van der Waals surface area contributed by atoms with Gasteiger partial charge in [0.25, 0.3) is 0 Å². The van der Waals surface area contributed by atoms with E-state index in [4.69, 9.17) is 0 Å². The first-order valence-corrected chi connectivity index (χ1v) is 11.5. The fraction of sp³-hybridized carbons (Fsp3) is 0.115. The van der Waals surface area contributed by atoms with Crippen LogP contribution in [0, 0.1) is 5.82 Å². The quantitative estimate of drug-likeness (QED) is 0.281. The Kier molecular flexibility index (Phi) is 5.37. The van der Waals surface area contributed by atoms with Crippen LogP contribution in [0.5, 0.6) is 0 Å². The predicted octanol–water partition coefficient (Wildman–Crippen LogP) is 4.85. The van der Waals surface area contributed by atoms with Gasteiger partial charge in [0.05, 0.1) is 35.1 Å². The summed E-state index contributed by atoms with van der Waals surface area (Å²) in [5.74, 6) is -0.310. The molecular formula is C26H22FN9O. The van der Waals surface area contributed by atoms with Crippen molar-refractivity contribution < 1.29 is 9.18 Å². The number of hydrogen-bond donors (Lipinski definition) is 4. The summed E-state index contributed by atoms with van der Waals surface area (Å²) in [6.45, 7) is 0. The topological polar surface area (TPSA) is 124 Å². The maximum absolute atomic E-state index is 13.9. The van der Waals surface area contributed by atoms with Crippen LogP contribution in [0.25, 0.3) is 33.3 Å². The highest BCUT2D eigenvalue weighted by Crippen LogP contribution is 2.42. The van der Waals surface area contributed by atoms with Crippen LogP contribution in [0.15, 0.2) is 67.4 Å². The zero-order chi connectivity index (χ0) is 25.5. The van der Waals surface area contributed by atoms with E-state index in [2.05, 4.69) is 41.1 Å². The van der Waals surface area contributed by atoms with Crippen molar-refractivity contribution in [2.45, 2.75) is 6.17 Å². The van der Waals surface area contributed by atoms with Gasteiger partial charge in [-0.25, -0.2) is 14.2 Å². The van der Waals surface area contributed by atoms with Crippen LogP contribution < -0.4 is 16.0 Å². The normalized spacial score (nSPS) is 14.1. The number of pyridine rings is 3. The van der Waals surface area contributed by atoms with Crippen molar-refractivity contribution in [2.75, 3.05) is 30.0 Å². The Labute approximate surface area is 211 Å². The molecule has 2 amide bonds. The van der Waals surface area contributed by atoms with E-state index in [1.165, 1.54) is 17.0 Å². The molecule has 6 rings (SSSR count). The fourth-order valence-corrected chi connectivity index (χ4v) is 4.28. The van der Waals surface area contributed by atoms with Crippen LogP contribution in [0.4, 0.5) is 26.2 Å². The number of aromatic amines is 1. The number of benzene rings is 1. The molecule has 0 aliphatic carbocycles. The molecule has 0 bridgehead atoms. The maximum Gasteiger partial charge on any atom is 0.321 e. The summed E-state index contributed by atoms with van der Waals surface area (Å²) in [6.07, 6.45) is 8.13. The van der Waals surface area contributed by atoms with Gasteiger partial charge in [-0.2, -0.15) is 5.10 Å². The number of nitrogens with zero attached hydrogens (tertiary/aromatic N) is 5. The number of urea groups is 1. The molecule has 1 atom stereocenters. The van der Waals surface area contributed by atoms with Crippen LogP contribution in [0.1, 0.15) is 11.9 Å². The van der Waals surface area contributed by atoms with E-state index in [0.717, 1.165) is 44.7 Å². The lowest BCUT2D eigenvalue weighted by atomic mass is 10.1. The number of H-pyrrole nitrogens is 1. The Morgan fingerprint density at radius 3 is 2.65 bits per heavy atom. The number of halogens is 1. The van der Waals surface area contributed by atoms with Gasteiger partial charge >= 0.3 is 6.03 Å². The number of carbonyl (C=O) groups excluding carboxylic acids is 1. The number of carbonyl (C=O) groups is 1. The summed E-state index contributed by atoms with van der Waals surface area (Å²) in [4.78, 5) is 26.6. The molecular weight excluding hydrogens is 473 g/mol. The van der Waals surface area contributed by atoms with Gasteiger partial charge in [-0.3, -0.25) is 15.1 Å². The summed E-state index contributed by atoms with van der Waals surface area (Å²) < 4.78 is 13.9. The molecule has 4 aromatic heterocycles. The first kappa shape index (κ1) is 22.4. The Morgan fingerprint density at radius 1 is 0.973 bits per heavy atom. The van der Waals surface area contributed by atoms with E-state index in [-0.39, 0.29) is 18.0 Å². The van der Waals surface area contributed by atoms with E-state index in [1.807, 2.05) is 18.2 Å². The first-order valence-electron chi connectivity index (χ1n) is 11.5. The summed E-state index contributed by atoms with van der Waals surface area (Å²) in [5.41, 5.74) is 6.69. The molecule has 1 unspecified atom stereocenters. The molecule has 1 aliphatic rings.